The second-order valence-electron chi connectivity index (χ2n) is 9.79. The van der Waals surface area contributed by atoms with Gasteiger partial charge in [0.05, 0.1) is 6.07 Å². The zero-order chi connectivity index (χ0) is 23.5. The monoisotopic (exact) mass is 459 g/mol. The Hall–Kier alpha value is -2.22. The van der Waals surface area contributed by atoms with E-state index in [-0.39, 0.29) is 5.75 Å². The van der Waals surface area contributed by atoms with Crippen molar-refractivity contribution in [3.8, 4) is 11.8 Å². The van der Waals surface area contributed by atoms with Gasteiger partial charge in [-0.1, -0.05) is 68.9 Å². The molecule has 0 unspecified atom stereocenters. The second-order valence-corrected chi connectivity index (χ2v) is 9.79. The summed E-state index contributed by atoms with van der Waals surface area (Å²) < 4.78 is 41.0. The highest BCUT2D eigenvalue weighted by atomic mass is 19.4. The molecule has 180 valence electrons. The van der Waals surface area contributed by atoms with Crippen LogP contribution in [-0.2, 0) is 0 Å². The average molecular weight is 460 g/mol. The highest BCUT2D eigenvalue weighted by Crippen LogP contribution is 2.40. The highest BCUT2D eigenvalue weighted by molar-refractivity contribution is 5.29. The first kappa shape index (κ1) is 25.4. The molecular weight excluding hydrogens is 423 g/mol. The first-order valence-corrected chi connectivity index (χ1v) is 12.5. The van der Waals surface area contributed by atoms with Crippen molar-refractivity contribution < 1.29 is 17.9 Å². The van der Waals surface area contributed by atoms with Gasteiger partial charge >= 0.3 is 6.36 Å². The van der Waals surface area contributed by atoms with Crippen LogP contribution in [0.15, 0.2) is 48.6 Å². The van der Waals surface area contributed by atoms with Crippen LogP contribution >= 0.6 is 0 Å². The third kappa shape index (κ3) is 9.27. The summed E-state index contributed by atoms with van der Waals surface area (Å²) in [6, 6.07) is 8.46. The molecule has 33 heavy (non-hydrogen) atoms. The Kier molecular flexibility index (Phi) is 9.91. The van der Waals surface area contributed by atoms with Crippen LogP contribution < -0.4 is 4.74 Å². The van der Waals surface area contributed by atoms with E-state index < -0.39 is 6.36 Å². The van der Waals surface area contributed by atoms with E-state index in [1.165, 1.54) is 76.0 Å². The number of allylic oxidation sites excluding steroid dienone is 4. The average Bonchev–Trinajstić information content (AvgIpc) is 2.81. The quantitative estimate of drug-likeness (QED) is 0.273. The molecule has 2 saturated carbocycles. The van der Waals surface area contributed by atoms with Crippen molar-refractivity contribution in [1.82, 2.24) is 0 Å². The highest BCUT2D eigenvalue weighted by Gasteiger charge is 2.31. The zero-order valence-corrected chi connectivity index (χ0v) is 19.4. The van der Waals surface area contributed by atoms with Crippen LogP contribution in [0.25, 0.3) is 0 Å². The first-order valence-electron chi connectivity index (χ1n) is 12.5. The first-order chi connectivity index (χ1) is 15.9. The number of halogens is 3. The molecule has 0 spiro atoms. The second kappa shape index (κ2) is 12.9. The van der Waals surface area contributed by atoms with Crippen molar-refractivity contribution in [3.63, 3.8) is 0 Å². The topological polar surface area (TPSA) is 33.0 Å². The Bertz CT molecular complexity index is 790. The van der Waals surface area contributed by atoms with E-state index in [4.69, 9.17) is 5.26 Å². The molecule has 1 aromatic carbocycles. The molecule has 3 rings (SSSR count). The van der Waals surface area contributed by atoms with Crippen molar-refractivity contribution in [3.05, 3.63) is 54.1 Å². The Morgan fingerprint density at radius 1 is 0.818 bits per heavy atom. The number of ether oxygens (including phenoxy) is 1. The van der Waals surface area contributed by atoms with Gasteiger partial charge in [-0.3, -0.25) is 0 Å². The maximum atomic E-state index is 12.3. The van der Waals surface area contributed by atoms with Crippen molar-refractivity contribution in [2.24, 2.45) is 17.8 Å². The molecule has 2 nitrogen and oxygen atoms in total. The lowest BCUT2D eigenvalue weighted by Crippen LogP contribution is -2.18. The Balaban J connectivity index is 1.29. The zero-order valence-electron chi connectivity index (χ0n) is 19.4. The summed E-state index contributed by atoms with van der Waals surface area (Å²) >= 11 is 0. The van der Waals surface area contributed by atoms with Crippen LogP contribution in [0.3, 0.4) is 0 Å². The van der Waals surface area contributed by atoms with Crippen molar-refractivity contribution >= 4 is 0 Å². The van der Waals surface area contributed by atoms with Crippen LogP contribution in [0.5, 0.6) is 5.75 Å². The van der Waals surface area contributed by atoms with Gasteiger partial charge in [0.1, 0.15) is 5.75 Å². The molecule has 2 aliphatic rings. The molecule has 0 N–H and O–H groups in total. The van der Waals surface area contributed by atoms with Crippen molar-refractivity contribution in [2.45, 2.75) is 89.3 Å². The maximum absolute atomic E-state index is 12.3. The van der Waals surface area contributed by atoms with E-state index in [0.717, 1.165) is 42.6 Å². The van der Waals surface area contributed by atoms with Crippen LogP contribution in [0.1, 0.15) is 88.5 Å². The number of benzene rings is 1. The minimum absolute atomic E-state index is 0.140. The summed E-state index contributed by atoms with van der Waals surface area (Å²) in [5.41, 5.74) is 1.14. The van der Waals surface area contributed by atoms with Gasteiger partial charge in [0.15, 0.2) is 0 Å². The normalized spacial score (nSPS) is 26.5. The summed E-state index contributed by atoms with van der Waals surface area (Å²) in [5, 5.41) is 8.47. The maximum Gasteiger partial charge on any atom is 0.573 e. The third-order valence-corrected chi connectivity index (χ3v) is 7.54. The molecule has 0 aliphatic heterocycles. The summed E-state index contributed by atoms with van der Waals surface area (Å²) in [4.78, 5) is 0. The van der Waals surface area contributed by atoms with E-state index >= 15 is 0 Å². The van der Waals surface area contributed by atoms with Crippen LogP contribution in [0, 0.1) is 29.1 Å². The smallest absolute Gasteiger partial charge is 0.406 e. The van der Waals surface area contributed by atoms with Gasteiger partial charge in [0.25, 0.3) is 0 Å². The van der Waals surface area contributed by atoms with E-state index in [1.54, 1.807) is 18.2 Å². The fraction of sp³-hybridized carbons (Fsp3) is 0.607. The molecule has 0 heterocycles. The Morgan fingerprint density at radius 2 is 1.36 bits per heavy atom. The molecule has 0 aromatic heterocycles. The van der Waals surface area contributed by atoms with Gasteiger partial charge in [0, 0.05) is 6.08 Å². The summed E-state index contributed by atoms with van der Waals surface area (Å²) in [5.74, 6) is 2.86. The van der Waals surface area contributed by atoms with Gasteiger partial charge in [-0.25, -0.2) is 0 Å². The minimum Gasteiger partial charge on any atom is -0.406 e. The van der Waals surface area contributed by atoms with Crippen LogP contribution in [0.4, 0.5) is 13.2 Å². The van der Waals surface area contributed by atoms with Gasteiger partial charge in [-0.05, 0) is 79.9 Å². The van der Waals surface area contributed by atoms with Crippen molar-refractivity contribution in [2.75, 3.05) is 0 Å². The van der Waals surface area contributed by atoms with E-state index in [0.29, 0.717) is 5.92 Å². The molecule has 1 aromatic rings. The van der Waals surface area contributed by atoms with Crippen molar-refractivity contribution in [1.29, 1.82) is 5.26 Å². The molecule has 5 heteroatoms. The summed E-state index contributed by atoms with van der Waals surface area (Å²) in [7, 11) is 0. The number of nitriles is 1. The number of rotatable bonds is 9. The van der Waals surface area contributed by atoms with E-state index in [9.17, 15) is 13.2 Å². The molecule has 0 atom stereocenters. The lowest BCUT2D eigenvalue weighted by atomic mass is 9.74. The molecule has 2 aliphatic carbocycles. The molecule has 0 bridgehead atoms. The van der Waals surface area contributed by atoms with Gasteiger partial charge in [-0.2, -0.15) is 5.26 Å². The fourth-order valence-corrected chi connectivity index (χ4v) is 5.61. The molecule has 0 saturated heterocycles. The minimum atomic E-state index is -4.63. The number of hydrogen-bond donors (Lipinski definition) is 0. The standard InChI is InChI=1S/C28H36F3NO/c29-28(30,31)33-27-19-17-26(18-20-27)25-15-13-24(14-16-25)12-11-23-9-7-22(8-10-23)6-4-2-1-3-5-21-32/h1-3,5,17-20,22-25H,4,6-16H2/t22-,23-,24-,25-. The molecular formula is C28H36F3NO. The third-order valence-electron chi connectivity index (χ3n) is 7.54. The number of hydrogen-bond acceptors (Lipinski definition) is 2. The van der Waals surface area contributed by atoms with Gasteiger partial charge < -0.3 is 4.74 Å². The predicted molar refractivity (Wildman–Crippen MR) is 126 cm³/mol. The SMILES string of the molecule is N#CC=CC=CCC[C@H]1CC[C@H](CC[C@H]2CC[C@H](c3ccc(OC(F)(F)F)cc3)CC2)CC1. The molecule has 2 fully saturated rings. The van der Waals surface area contributed by atoms with Gasteiger partial charge in [-0.15, -0.1) is 13.2 Å². The lowest BCUT2D eigenvalue weighted by Gasteiger charge is -2.32. The Morgan fingerprint density at radius 3 is 1.91 bits per heavy atom. The van der Waals surface area contributed by atoms with E-state index in [2.05, 4.69) is 10.8 Å². The van der Waals surface area contributed by atoms with Crippen LogP contribution in [0.2, 0.25) is 0 Å². The fourth-order valence-electron chi connectivity index (χ4n) is 5.61. The summed E-state index contributed by atoms with van der Waals surface area (Å²) in [6.07, 6.45) is 18.0. The number of alkyl halides is 3. The largest absolute Gasteiger partial charge is 0.573 e. The molecule has 0 radical (unpaired) electrons. The van der Waals surface area contributed by atoms with Gasteiger partial charge in [0.2, 0.25) is 0 Å². The summed E-state index contributed by atoms with van der Waals surface area (Å²) in [6.45, 7) is 0. The van der Waals surface area contributed by atoms with Crippen LogP contribution in [-0.4, -0.2) is 6.36 Å². The predicted octanol–water partition coefficient (Wildman–Crippen LogP) is 8.86. The molecule has 0 amide bonds. The Labute approximate surface area is 196 Å². The lowest BCUT2D eigenvalue weighted by molar-refractivity contribution is -0.274. The van der Waals surface area contributed by atoms with E-state index in [1.807, 2.05) is 12.1 Å². The number of nitrogens with zero attached hydrogens (tertiary/aromatic N) is 1.